The molecule has 5 rings (SSSR count). The van der Waals surface area contributed by atoms with Crippen molar-refractivity contribution in [2.75, 3.05) is 14.2 Å². The third kappa shape index (κ3) is 3.58. The first-order valence-corrected chi connectivity index (χ1v) is 10.6. The Labute approximate surface area is 190 Å². The molecular weight excluding hydrogens is 435 g/mol. The molecule has 31 heavy (non-hydrogen) atoms. The lowest BCUT2D eigenvalue weighted by atomic mass is 9.95. The van der Waals surface area contributed by atoms with Gasteiger partial charge in [-0.2, -0.15) is 5.10 Å². The normalized spacial score (nSPS) is 19.2. The van der Waals surface area contributed by atoms with E-state index < -0.39 is 0 Å². The maximum Gasteiger partial charge on any atom is 0.213 e. The predicted octanol–water partition coefficient (Wildman–Crippen LogP) is 6.25. The average Bonchev–Trinajstić information content (AvgIpc) is 3.24. The number of benzene rings is 3. The molecule has 0 unspecified atom stereocenters. The van der Waals surface area contributed by atoms with Crippen molar-refractivity contribution in [3.8, 4) is 17.2 Å². The van der Waals surface area contributed by atoms with E-state index in [1.165, 1.54) is 0 Å². The molecule has 3 aromatic rings. The van der Waals surface area contributed by atoms with Gasteiger partial charge in [0.05, 0.1) is 26.0 Å². The summed E-state index contributed by atoms with van der Waals surface area (Å²) >= 11 is 12.4. The van der Waals surface area contributed by atoms with Crippen molar-refractivity contribution in [3.05, 3.63) is 87.4 Å². The lowest BCUT2D eigenvalue weighted by molar-refractivity contribution is -0.0190. The lowest BCUT2D eigenvalue weighted by Gasteiger charge is -2.38. The fraction of sp³-hybridized carbons (Fsp3) is 0.208. The summed E-state index contributed by atoms with van der Waals surface area (Å²) in [6.45, 7) is 0. The van der Waals surface area contributed by atoms with E-state index in [-0.39, 0.29) is 12.3 Å². The maximum absolute atomic E-state index is 6.36. The number of fused-ring (bicyclic) bond motifs is 3. The second kappa shape index (κ2) is 7.98. The molecule has 0 fully saturated rings. The van der Waals surface area contributed by atoms with Gasteiger partial charge in [-0.05, 0) is 48.5 Å². The Bertz CT molecular complexity index is 1160. The largest absolute Gasteiger partial charge is 0.493 e. The number of nitrogens with zero attached hydrogens (tertiary/aromatic N) is 2. The Balaban J connectivity index is 1.58. The minimum atomic E-state index is -0.367. The van der Waals surface area contributed by atoms with Crippen LogP contribution in [0.3, 0.4) is 0 Å². The van der Waals surface area contributed by atoms with Crippen molar-refractivity contribution in [1.82, 2.24) is 5.01 Å². The first-order valence-electron chi connectivity index (χ1n) is 9.87. The molecule has 2 aliphatic heterocycles. The van der Waals surface area contributed by atoms with Gasteiger partial charge < -0.3 is 14.2 Å². The molecule has 0 spiro atoms. The summed E-state index contributed by atoms with van der Waals surface area (Å²) in [4.78, 5) is 0. The van der Waals surface area contributed by atoms with Crippen LogP contribution >= 0.6 is 23.2 Å². The number of rotatable bonds is 4. The molecule has 0 bridgehead atoms. The van der Waals surface area contributed by atoms with Crippen LogP contribution in [-0.4, -0.2) is 24.9 Å². The number of halogens is 2. The molecule has 0 N–H and O–H groups in total. The van der Waals surface area contributed by atoms with Gasteiger partial charge in [0.2, 0.25) is 6.23 Å². The minimum Gasteiger partial charge on any atom is -0.493 e. The van der Waals surface area contributed by atoms with E-state index in [1.54, 1.807) is 14.2 Å². The second-order valence-corrected chi connectivity index (χ2v) is 8.29. The topological polar surface area (TPSA) is 43.3 Å². The van der Waals surface area contributed by atoms with E-state index in [2.05, 4.69) is 0 Å². The minimum absolute atomic E-state index is 0.00576. The Hall–Kier alpha value is -2.89. The predicted molar refractivity (Wildman–Crippen MR) is 122 cm³/mol. The molecule has 0 amide bonds. The Kier molecular flexibility index (Phi) is 5.16. The van der Waals surface area contributed by atoms with Crippen LogP contribution in [0.25, 0.3) is 0 Å². The highest BCUT2D eigenvalue weighted by atomic mass is 35.5. The van der Waals surface area contributed by atoms with Crippen molar-refractivity contribution in [2.24, 2.45) is 5.10 Å². The summed E-state index contributed by atoms with van der Waals surface area (Å²) in [5, 5.41) is 8.33. The standard InChI is InChI=1S/C24H20Cl2N2O3/c1-29-22-9-5-15(11-23(22)30-2)19-13-20-18-12-17(26)8-10-21(18)31-24(28(20)27-19)14-3-6-16(25)7-4-14/h3-12,20,24H,13H2,1-2H3/t20-,24-/m0/s1. The number of hydrogen-bond acceptors (Lipinski definition) is 5. The van der Waals surface area contributed by atoms with Gasteiger partial charge in [0.15, 0.2) is 11.5 Å². The van der Waals surface area contributed by atoms with Gasteiger partial charge in [-0.25, -0.2) is 5.01 Å². The van der Waals surface area contributed by atoms with Gasteiger partial charge in [-0.15, -0.1) is 0 Å². The molecule has 158 valence electrons. The van der Waals surface area contributed by atoms with Crippen LogP contribution in [0.2, 0.25) is 10.0 Å². The maximum atomic E-state index is 6.36. The van der Waals surface area contributed by atoms with Gasteiger partial charge in [-0.1, -0.05) is 35.3 Å². The highest BCUT2D eigenvalue weighted by molar-refractivity contribution is 6.30. The van der Waals surface area contributed by atoms with E-state index in [0.717, 1.165) is 34.6 Å². The number of hydrazone groups is 1. The van der Waals surface area contributed by atoms with Crippen LogP contribution < -0.4 is 14.2 Å². The summed E-state index contributed by atoms with van der Waals surface area (Å²) in [6, 6.07) is 19.2. The molecule has 5 nitrogen and oxygen atoms in total. The molecule has 0 aromatic heterocycles. The fourth-order valence-corrected chi connectivity index (χ4v) is 4.40. The number of ether oxygens (including phenoxy) is 3. The van der Waals surface area contributed by atoms with Crippen LogP contribution in [0, 0.1) is 0 Å². The average molecular weight is 455 g/mol. The summed E-state index contributed by atoms with van der Waals surface area (Å²) in [5.41, 5.74) is 3.93. The molecular formula is C24H20Cl2N2O3. The zero-order chi connectivity index (χ0) is 21.5. The van der Waals surface area contributed by atoms with Crippen LogP contribution in [0.15, 0.2) is 65.8 Å². The summed E-state index contributed by atoms with van der Waals surface area (Å²) in [5.74, 6) is 2.16. The van der Waals surface area contributed by atoms with Gasteiger partial charge >= 0.3 is 0 Å². The summed E-state index contributed by atoms with van der Waals surface area (Å²) < 4.78 is 17.2. The molecule has 2 atom stereocenters. The monoisotopic (exact) mass is 454 g/mol. The van der Waals surface area contributed by atoms with Crippen molar-refractivity contribution in [1.29, 1.82) is 0 Å². The molecule has 0 radical (unpaired) electrons. The van der Waals surface area contributed by atoms with Crippen LogP contribution in [-0.2, 0) is 0 Å². The molecule has 0 saturated carbocycles. The van der Waals surface area contributed by atoms with Gasteiger partial charge in [0.25, 0.3) is 0 Å². The zero-order valence-corrected chi connectivity index (χ0v) is 18.5. The zero-order valence-electron chi connectivity index (χ0n) is 17.0. The quantitative estimate of drug-likeness (QED) is 0.466. The van der Waals surface area contributed by atoms with Crippen molar-refractivity contribution >= 4 is 28.9 Å². The van der Waals surface area contributed by atoms with Crippen LogP contribution in [0.4, 0.5) is 0 Å². The highest BCUT2D eigenvalue weighted by Crippen LogP contribution is 2.48. The van der Waals surface area contributed by atoms with Crippen molar-refractivity contribution in [2.45, 2.75) is 18.7 Å². The molecule has 2 aliphatic rings. The molecule has 0 aliphatic carbocycles. The van der Waals surface area contributed by atoms with Crippen LogP contribution in [0.5, 0.6) is 17.2 Å². The van der Waals surface area contributed by atoms with Crippen molar-refractivity contribution in [3.63, 3.8) is 0 Å². The fourth-order valence-electron chi connectivity index (χ4n) is 4.10. The first-order chi connectivity index (χ1) is 15.1. The highest BCUT2D eigenvalue weighted by Gasteiger charge is 2.41. The Morgan fingerprint density at radius 1 is 0.903 bits per heavy atom. The van der Waals surface area contributed by atoms with Crippen molar-refractivity contribution < 1.29 is 14.2 Å². The van der Waals surface area contributed by atoms with Gasteiger partial charge in [0, 0.05) is 33.2 Å². The number of hydrogen-bond donors (Lipinski definition) is 0. The second-order valence-electron chi connectivity index (χ2n) is 7.42. The summed E-state index contributed by atoms with van der Waals surface area (Å²) in [6.07, 6.45) is 0.351. The van der Waals surface area contributed by atoms with E-state index in [4.69, 9.17) is 42.5 Å². The Morgan fingerprint density at radius 2 is 1.65 bits per heavy atom. The van der Waals surface area contributed by atoms with Gasteiger partial charge in [-0.3, -0.25) is 0 Å². The Morgan fingerprint density at radius 3 is 2.39 bits per heavy atom. The van der Waals surface area contributed by atoms with E-state index in [0.29, 0.717) is 21.5 Å². The number of methoxy groups -OCH3 is 2. The van der Waals surface area contributed by atoms with E-state index in [1.807, 2.05) is 65.7 Å². The molecule has 2 heterocycles. The SMILES string of the molecule is COc1ccc(C2=NN3[C@@H](C2)c2cc(Cl)ccc2O[C@H]3c2ccc(Cl)cc2)cc1OC. The van der Waals surface area contributed by atoms with Gasteiger partial charge in [0.1, 0.15) is 5.75 Å². The van der Waals surface area contributed by atoms with Crippen LogP contribution in [0.1, 0.15) is 35.4 Å². The third-order valence-corrected chi connectivity index (χ3v) is 6.11. The first kappa shape index (κ1) is 20.0. The van der Waals surface area contributed by atoms with E-state index >= 15 is 0 Å². The molecule has 0 saturated heterocycles. The lowest BCUT2D eigenvalue weighted by Crippen LogP contribution is -2.33. The van der Waals surface area contributed by atoms with E-state index in [9.17, 15) is 0 Å². The molecule has 7 heteroatoms. The summed E-state index contributed by atoms with van der Waals surface area (Å²) in [7, 11) is 3.25. The third-order valence-electron chi connectivity index (χ3n) is 5.62. The smallest absolute Gasteiger partial charge is 0.213 e. The molecule has 3 aromatic carbocycles.